The van der Waals surface area contributed by atoms with E-state index in [1.165, 1.54) is 0 Å². The smallest absolute Gasteiger partial charge is 0.276 e. The van der Waals surface area contributed by atoms with Crippen LogP contribution in [0.2, 0.25) is 0 Å². The summed E-state index contributed by atoms with van der Waals surface area (Å²) in [6.07, 6.45) is -0.191. The Hall–Kier alpha value is -2.29. The van der Waals surface area contributed by atoms with Crippen LogP contribution in [0.5, 0.6) is 0 Å². The summed E-state index contributed by atoms with van der Waals surface area (Å²) in [5.74, 6) is -0.999. The van der Waals surface area contributed by atoms with Crippen molar-refractivity contribution in [3.8, 4) is 6.07 Å². The van der Waals surface area contributed by atoms with E-state index in [0.717, 1.165) is 12.1 Å². The van der Waals surface area contributed by atoms with Crippen LogP contribution in [0.3, 0.4) is 0 Å². The van der Waals surface area contributed by atoms with Crippen LogP contribution >= 0.6 is 0 Å². The fourth-order valence-corrected chi connectivity index (χ4v) is 1.14. The molecule has 1 aromatic rings. The van der Waals surface area contributed by atoms with E-state index < -0.39 is 22.8 Å². The van der Waals surface area contributed by atoms with Crippen LogP contribution < -0.4 is 0 Å². The molecular formula is C9H5FN2O3. The summed E-state index contributed by atoms with van der Waals surface area (Å²) in [6, 6.07) is 3.64. The molecule has 6 heteroatoms. The minimum absolute atomic E-state index is 0.250. The number of carbonyl (C=O) groups excluding carboxylic acids is 1. The van der Waals surface area contributed by atoms with Gasteiger partial charge in [0.2, 0.25) is 0 Å². The Morgan fingerprint density at radius 1 is 1.60 bits per heavy atom. The number of halogens is 1. The molecule has 0 aliphatic rings. The molecule has 0 saturated heterocycles. The van der Waals surface area contributed by atoms with Crippen LogP contribution in [0.15, 0.2) is 12.1 Å². The van der Waals surface area contributed by atoms with Crippen LogP contribution in [-0.2, 0) is 6.42 Å². The van der Waals surface area contributed by atoms with Crippen LogP contribution in [0.4, 0.5) is 10.1 Å². The molecule has 0 unspecified atom stereocenters. The van der Waals surface area contributed by atoms with E-state index in [1.807, 2.05) is 0 Å². The Morgan fingerprint density at radius 2 is 2.27 bits per heavy atom. The first kappa shape index (κ1) is 10.8. The Kier molecular flexibility index (Phi) is 3.08. The first-order valence-corrected chi connectivity index (χ1v) is 3.89. The van der Waals surface area contributed by atoms with Gasteiger partial charge < -0.3 is 0 Å². The van der Waals surface area contributed by atoms with Crippen LogP contribution in [0, 0.1) is 27.3 Å². The predicted molar refractivity (Wildman–Crippen MR) is 47.8 cm³/mol. The molecule has 0 radical (unpaired) electrons. The Bertz CT molecular complexity index is 465. The van der Waals surface area contributed by atoms with E-state index in [9.17, 15) is 19.3 Å². The number of nitro groups is 1. The fraction of sp³-hybridized carbons (Fsp3) is 0.111. The third-order valence-electron chi connectivity index (χ3n) is 1.83. The van der Waals surface area contributed by atoms with Crippen molar-refractivity contribution in [1.29, 1.82) is 5.26 Å². The highest BCUT2D eigenvalue weighted by atomic mass is 19.1. The van der Waals surface area contributed by atoms with Crippen molar-refractivity contribution in [1.82, 2.24) is 0 Å². The van der Waals surface area contributed by atoms with Gasteiger partial charge >= 0.3 is 0 Å². The molecule has 0 bridgehead atoms. The first-order chi connectivity index (χ1) is 7.11. The summed E-state index contributed by atoms with van der Waals surface area (Å²) in [7, 11) is 0. The molecule has 76 valence electrons. The topological polar surface area (TPSA) is 84.0 Å². The summed E-state index contributed by atoms with van der Waals surface area (Å²) < 4.78 is 13.4. The molecule has 1 rings (SSSR count). The largest absolute Gasteiger partial charge is 0.298 e. The van der Waals surface area contributed by atoms with Gasteiger partial charge in [-0.3, -0.25) is 14.9 Å². The highest BCUT2D eigenvalue weighted by Crippen LogP contribution is 2.23. The molecule has 15 heavy (non-hydrogen) atoms. The van der Waals surface area contributed by atoms with Crippen molar-refractivity contribution in [3.05, 3.63) is 39.2 Å². The molecule has 0 aliphatic heterocycles. The lowest BCUT2D eigenvalue weighted by Gasteiger charge is -2.01. The monoisotopic (exact) mass is 208 g/mol. The maximum Gasteiger partial charge on any atom is 0.276 e. The highest BCUT2D eigenvalue weighted by molar-refractivity contribution is 5.76. The van der Waals surface area contributed by atoms with Crippen molar-refractivity contribution in [2.45, 2.75) is 6.42 Å². The molecule has 0 heterocycles. The number of nitro benzene ring substituents is 1. The molecule has 0 amide bonds. The van der Waals surface area contributed by atoms with Gasteiger partial charge in [-0.2, -0.15) is 5.26 Å². The van der Waals surface area contributed by atoms with E-state index in [-0.39, 0.29) is 17.4 Å². The van der Waals surface area contributed by atoms with Gasteiger partial charge in [0.25, 0.3) is 5.69 Å². The predicted octanol–water partition coefficient (Wildman–Crippen LogP) is 1.61. The lowest BCUT2D eigenvalue weighted by Crippen LogP contribution is -2.01. The number of nitriles is 1. The zero-order valence-electron chi connectivity index (χ0n) is 7.44. The van der Waals surface area contributed by atoms with Gasteiger partial charge in [0.1, 0.15) is 5.82 Å². The Labute approximate surface area is 83.9 Å². The van der Waals surface area contributed by atoms with Crippen LogP contribution in [0.1, 0.15) is 15.9 Å². The first-order valence-electron chi connectivity index (χ1n) is 3.89. The number of carbonyl (C=O) groups is 1. The summed E-state index contributed by atoms with van der Waals surface area (Å²) in [5.41, 5.74) is -1.13. The Morgan fingerprint density at radius 3 is 2.73 bits per heavy atom. The van der Waals surface area contributed by atoms with Gasteiger partial charge in [-0.1, -0.05) is 0 Å². The SMILES string of the molecule is N#CCc1c([N+](=O)[O-])ccc(C=O)c1F. The molecule has 1 aromatic carbocycles. The van der Waals surface area contributed by atoms with Crippen LogP contribution in [0.25, 0.3) is 0 Å². The van der Waals surface area contributed by atoms with Crippen LogP contribution in [-0.4, -0.2) is 11.2 Å². The zero-order chi connectivity index (χ0) is 11.4. The fourth-order valence-electron chi connectivity index (χ4n) is 1.14. The third kappa shape index (κ3) is 1.96. The quantitative estimate of drug-likeness (QED) is 0.429. The number of aldehydes is 1. The van der Waals surface area contributed by atoms with E-state index in [2.05, 4.69) is 0 Å². The van der Waals surface area contributed by atoms with E-state index in [1.54, 1.807) is 6.07 Å². The maximum absolute atomic E-state index is 13.4. The van der Waals surface area contributed by atoms with Gasteiger partial charge in [0.15, 0.2) is 6.29 Å². The van der Waals surface area contributed by atoms with Gasteiger partial charge in [-0.05, 0) is 6.07 Å². The molecular weight excluding hydrogens is 203 g/mol. The van der Waals surface area contributed by atoms with E-state index in [4.69, 9.17) is 5.26 Å². The lowest BCUT2D eigenvalue weighted by atomic mass is 10.1. The molecule has 0 fully saturated rings. The zero-order valence-corrected chi connectivity index (χ0v) is 7.44. The molecule has 0 aromatic heterocycles. The maximum atomic E-state index is 13.4. The second-order valence-electron chi connectivity index (χ2n) is 2.68. The average Bonchev–Trinajstić information content (AvgIpc) is 2.20. The third-order valence-corrected chi connectivity index (χ3v) is 1.83. The minimum Gasteiger partial charge on any atom is -0.298 e. The second-order valence-corrected chi connectivity index (χ2v) is 2.68. The van der Waals surface area contributed by atoms with Crippen molar-refractivity contribution >= 4 is 12.0 Å². The van der Waals surface area contributed by atoms with Gasteiger partial charge in [-0.15, -0.1) is 0 Å². The van der Waals surface area contributed by atoms with E-state index in [0.29, 0.717) is 0 Å². The number of hydrogen-bond donors (Lipinski definition) is 0. The number of nitrogens with zero attached hydrogens (tertiary/aromatic N) is 2. The van der Waals surface area contributed by atoms with Crippen molar-refractivity contribution in [2.24, 2.45) is 0 Å². The average molecular weight is 208 g/mol. The summed E-state index contributed by atoms with van der Waals surface area (Å²) in [6.45, 7) is 0. The van der Waals surface area contributed by atoms with Crippen molar-refractivity contribution in [2.75, 3.05) is 0 Å². The van der Waals surface area contributed by atoms with Gasteiger partial charge in [0, 0.05) is 6.07 Å². The lowest BCUT2D eigenvalue weighted by molar-refractivity contribution is -0.385. The molecule has 5 nitrogen and oxygen atoms in total. The highest BCUT2D eigenvalue weighted by Gasteiger charge is 2.20. The van der Waals surface area contributed by atoms with Gasteiger partial charge in [0.05, 0.1) is 28.5 Å². The summed E-state index contributed by atoms with van der Waals surface area (Å²) in [4.78, 5) is 20.1. The molecule has 0 spiro atoms. The second kappa shape index (κ2) is 4.28. The summed E-state index contributed by atoms with van der Waals surface area (Å²) >= 11 is 0. The molecule has 0 saturated carbocycles. The standard InChI is InChI=1S/C9H5FN2O3/c10-9-6(5-13)1-2-8(12(14)15)7(9)3-4-11/h1-2,5H,3H2. The minimum atomic E-state index is -0.999. The molecule has 0 atom stereocenters. The molecule has 0 aliphatic carbocycles. The summed E-state index contributed by atoms with van der Waals surface area (Å²) in [5, 5.41) is 18.9. The Balaban J connectivity index is 3.44. The molecule has 0 N–H and O–H groups in total. The van der Waals surface area contributed by atoms with Crippen molar-refractivity contribution < 1.29 is 14.1 Å². The van der Waals surface area contributed by atoms with Gasteiger partial charge in [-0.25, -0.2) is 4.39 Å². The number of rotatable bonds is 3. The number of hydrogen-bond acceptors (Lipinski definition) is 4. The van der Waals surface area contributed by atoms with Crippen molar-refractivity contribution in [3.63, 3.8) is 0 Å². The number of benzene rings is 1. The van der Waals surface area contributed by atoms with E-state index >= 15 is 0 Å². The normalized spacial score (nSPS) is 9.33.